The van der Waals surface area contributed by atoms with E-state index >= 15 is 0 Å². The molecule has 0 aliphatic heterocycles. The Hall–Kier alpha value is -3.48. The third kappa shape index (κ3) is 4.54. The van der Waals surface area contributed by atoms with Crippen LogP contribution in [0, 0.1) is 5.82 Å². The van der Waals surface area contributed by atoms with Crippen molar-refractivity contribution >= 4 is 11.6 Å². The van der Waals surface area contributed by atoms with Gasteiger partial charge in [0.1, 0.15) is 5.75 Å². The van der Waals surface area contributed by atoms with Crippen molar-refractivity contribution in [3.8, 4) is 17.4 Å². The van der Waals surface area contributed by atoms with Gasteiger partial charge in [0, 0.05) is 24.1 Å². The van der Waals surface area contributed by atoms with Crippen LogP contribution < -0.4 is 14.8 Å². The van der Waals surface area contributed by atoms with Gasteiger partial charge in [-0.1, -0.05) is 12.1 Å². The highest BCUT2D eigenvalue weighted by atomic mass is 19.1. The Morgan fingerprint density at radius 3 is 2.81 bits per heavy atom. The number of halogens is 1. The van der Waals surface area contributed by atoms with Crippen LogP contribution in [0.3, 0.4) is 0 Å². The summed E-state index contributed by atoms with van der Waals surface area (Å²) in [6.07, 6.45) is 4.60. The number of hydrogen-bond donors (Lipinski definition) is 1. The molecule has 0 atom stereocenters. The first-order valence-electron chi connectivity index (χ1n) is 7.80. The number of anilines is 1. The van der Waals surface area contributed by atoms with Gasteiger partial charge in [-0.25, -0.2) is 9.37 Å². The first kappa shape index (κ1) is 17.3. The Labute approximate surface area is 149 Å². The van der Waals surface area contributed by atoms with Gasteiger partial charge in [-0.05, 0) is 29.8 Å². The fourth-order valence-electron chi connectivity index (χ4n) is 2.31. The predicted octanol–water partition coefficient (Wildman–Crippen LogP) is 3.60. The summed E-state index contributed by atoms with van der Waals surface area (Å²) in [6, 6.07) is 11.3. The summed E-state index contributed by atoms with van der Waals surface area (Å²) in [7, 11) is 1.39. The van der Waals surface area contributed by atoms with Crippen molar-refractivity contribution in [1.82, 2.24) is 9.97 Å². The van der Waals surface area contributed by atoms with E-state index in [-0.39, 0.29) is 18.1 Å². The van der Waals surface area contributed by atoms with Gasteiger partial charge in [-0.2, -0.15) is 0 Å². The maximum Gasteiger partial charge on any atom is 0.237 e. The minimum atomic E-state index is -0.503. The number of nitrogens with zero attached hydrogens (tertiary/aromatic N) is 2. The van der Waals surface area contributed by atoms with E-state index in [9.17, 15) is 9.18 Å². The van der Waals surface area contributed by atoms with E-state index in [0.717, 1.165) is 0 Å². The Bertz CT molecular complexity index is 904. The van der Waals surface area contributed by atoms with Crippen LogP contribution >= 0.6 is 0 Å². The predicted molar refractivity (Wildman–Crippen MR) is 93.8 cm³/mol. The molecule has 7 heteroatoms. The van der Waals surface area contributed by atoms with Crippen LogP contribution in [0.4, 0.5) is 10.1 Å². The lowest BCUT2D eigenvalue weighted by atomic mass is 10.1. The lowest BCUT2D eigenvalue weighted by molar-refractivity contribution is -0.115. The SMILES string of the molecule is COc1ccc(CC(=O)Nc2cccc(Oc3cnccn3)c2)cc1F. The molecule has 0 radical (unpaired) electrons. The standard InChI is InChI=1S/C19H16FN3O3/c1-25-17-6-5-13(9-16(17)20)10-18(24)23-14-3-2-4-15(11-14)26-19-12-21-7-8-22-19/h2-9,11-12H,10H2,1H3,(H,23,24). The maximum absolute atomic E-state index is 13.7. The molecule has 0 saturated carbocycles. The zero-order chi connectivity index (χ0) is 18.4. The third-order valence-electron chi connectivity index (χ3n) is 3.46. The van der Waals surface area contributed by atoms with E-state index in [2.05, 4.69) is 15.3 Å². The number of rotatable bonds is 6. The van der Waals surface area contributed by atoms with E-state index in [0.29, 0.717) is 22.9 Å². The fraction of sp³-hybridized carbons (Fsp3) is 0.105. The molecule has 0 saturated heterocycles. The molecule has 1 aromatic heterocycles. The summed E-state index contributed by atoms with van der Waals surface area (Å²) in [5.41, 5.74) is 1.11. The van der Waals surface area contributed by atoms with Crippen LogP contribution in [0.2, 0.25) is 0 Å². The Balaban J connectivity index is 1.64. The molecule has 0 aliphatic rings. The molecule has 3 aromatic rings. The molecule has 1 amide bonds. The van der Waals surface area contributed by atoms with Crippen molar-refractivity contribution < 1.29 is 18.7 Å². The van der Waals surface area contributed by atoms with Gasteiger partial charge in [0.05, 0.1) is 19.7 Å². The lowest BCUT2D eigenvalue weighted by Crippen LogP contribution is -2.14. The number of nitrogens with one attached hydrogen (secondary N) is 1. The molecular weight excluding hydrogens is 337 g/mol. The largest absolute Gasteiger partial charge is 0.494 e. The summed E-state index contributed by atoms with van der Waals surface area (Å²) in [5.74, 6) is 0.231. The monoisotopic (exact) mass is 353 g/mol. The topological polar surface area (TPSA) is 73.3 Å². The highest BCUT2D eigenvalue weighted by molar-refractivity contribution is 5.92. The molecule has 3 rings (SSSR count). The summed E-state index contributed by atoms with van der Waals surface area (Å²) in [4.78, 5) is 20.1. The molecule has 6 nitrogen and oxygen atoms in total. The summed E-state index contributed by atoms with van der Waals surface area (Å²) in [5, 5.41) is 2.76. The van der Waals surface area contributed by atoms with E-state index < -0.39 is 5.82 Å². The van der Waals surface area contributed by atoms with Crippen molar-refractivity contribution in [2.75, 3.05) is 12.4 Å². The summed E-state index contributed by atoms with van der Waals surface area (Å²) in [6.45, 7) is 0. The molecule has 26 heavy (non-hydrogen) atoms. The minimum Gasteiger partial charge on any atom is -0.494 e. The average Bonchev–Trinajstić information content (AvgIpc) is 2.63. The number of methoxy groups -OCH3 is 1. The number of aromatic nitrogens is 2. The number of hydrogen-bond acceptors (Lipinski definition) is 5. The second kappa shape index (κ2) is 8.06. The molecule has 1 heterocycles. The van der Waals surface area contributed by atoms with Crippen LogP contribution in [-0.2, 0) is 11.2 Å². The van der Waals surface area contributed by atoms with Gasteiger partial charge in [0.25, 0.3) is 0 Å². The van der Waals surface area contributed by atoms with Crippen molar-refractivity contribution in [2.45, 2.75) is 6.42 Å². The average molecular weight is 353 g/mol. The minimum absolute atomic E-state index is 0.0379. The molecule has 2 aromatic carbocycles. The van der Waals surface area contributed by atoms with Crippen LogP contribution in [0.25, 0.3) is 0 Å². The van der Waals surface area contributed by atoms with Crippen LogP contribution in [0.1, 0.15) is 5.56 Å². The number of benzene rings is 2. The Kier molecular flexibility index (Phi) is 5.38. The van der Waals surface area contributed by atoms with E-state index in [1.165, 1.54) is 31.6 Å². The first-order valence-corrected chi connectivity index (χ1v) is 7.80. The maximum atomic E-state index is 13.7. The lowest BCUT2D eigenvalue weighted by Gasteiger charge is -2.09. The van der Waals surface area contributed by atoms with Gasteiger partial charge < -0.3 is 14.8 Å². The van der Waals surface area contributed by atoms with E-state index in [1.807, 2.05) is 0 Å². The molecule has 0 spiro atoms. The number of amides is 1. The van der Waals surface area contributed by atoms with Crippen molar-refractivity contribution in [2.24, 2.45) is 0 Å². The summed E-state index contributed by atoms with van der Waals surface area (Å²) < 4.78 is 24.1. The molecule has 1 N–H and O–H groups in total. The van der Waals surface area contributed by atoms with E-state index in [1.54, 1.807) is 36.5 Å². The van der Waals surface area contributed by atoms with Gasteiger partial charge in [-0.15, -0.1) is 0 Å². The van der Waals surface area contributed by atoms with Crippen molar-refractivity contribution in [3.05, 3.63) is 72.4 Å². The molecule has 0 unspecified atom stereocenters. The molecule has 0 aliphatic carbocycles. The van der Waals surface area contributed by atoms with Crippen molar-refractivity contribution in [3.63, 3.8) is 0 Å². The second-order valence-corrected chi connectivity index (χ2v) is 5.37. The highest BCUT2D eigenvalue weighted by Gasteiger charge is 2.09. The zero-order valence-electron chi connectivity index (χ0n) is 14.0. The van der Waals surface area contributed by atoms with Gasteiger partial charge >= 0.3 is 0 Å². The number of carbonyl (C=O) groups is 1. The highest BCUT2D eigenvalue weighted by Crippen LogP contribution is 2.22. The molecule has 0 fully saturated rings. The Morgan fingerprint density at radius 1 is 1.19 bits per heavy atom. The fourth-order valence-corrected chi connectivity index (χ4v) is 2.31. The molecule has 132 valence electrons. The molecular formula is C19H16FN3O3. The van der Waals surface area contributed by atoms with Crippen LogP contribution in [-0.4, -0.2) is 23.0 Å². The van der Waals surface area contributed by atoms with Gasteiger partial charge in [-0.3, -0.25) is 9.78 Å². The number of ether oxygens (including phenoxy) is 2. The quantitative estimate of drug-likeness (QED) is 0.733. The van der Waals surface area contributed by atoms with E-state index in [4.69, 9.17) is 9.47 Å². The molecule has 0 bridgehead atoms. The van der Waals surface area contributed by atoms with Gasteiger partial charge in [0.2, 0.25) is 11.8 Å². The Morgan fingerprint density at radius 2 is 2.08 bits per heavy atom. The summed E-state index contributed by atoms with van der Waals surface area (Å²) >= 11 is 0. The van der Waals surface area contributed by atoms with Crippen LogP contribution in [0.15, 0.2) is 61.1 Å². The normalized spacial score (nSPS) is 10.2. The first-order chi connectivity index (χ1) is 12.6. The second-order valence-electron chi connectivity index (χ2n) is 5.37. The number of carbonyl (C=O) groups excluding carboxylic acids is 1. The van der Waals surface area contributed by atoms with Crippen LogP contribution in [0.5, 0.6) is 17.4 Å². The smallest absolute Gasteiger partial charge is 0.237 e. The zero-order valence-corrected chi connectivity index (χ0v) is 14.0. The third-order valence-corrected chi connectivity index (χ3v) is 3.46. The van der Waals surface area contributed by atoms with Crippen molar-refractivity contribution in [1.29, 1.82) is 0 Å². The van der Waals surface area contributed by atoms with Gasteiger partial charge in [0.15, 0.2) is 11.6 Å².